The Bertz CT molecular complexity index is 938. The first-order valence-corrected chi connectivity index (χ1v) is 7.34. The van der Waals surface area contributed by atoms with Gasteiger partial charge in [0.15, 0.2) is 5.58 Å². The summed E-state index contributed by atoms with van der Waals surface area (Å²) in [4.78, 5) is 4.75. The van der Waals surface area contributed by atoms with Crippen LogP contribution in [0.1, 0.15) is 5.56 Å². The molecule has 0 unspecified atom stereocenters. The first-order chi connectivity index (χ1) is 10.8. The highest BCUT2D eigenvalue weighted by molar-refractivity contribution is 5.92. The second kappa shape index (κ2) is 5.15. The van der Waals surface area contributed by atoms with Gasteiger partial charge in [-0.3, -0.25) is 0 Å². The van der Waals surface area contributed by atoms with Gasteiger partial charge >= 0.3 is 0 Å². The van der Waals surface area contributed by atoms with Crippen LogP contribution in [0.2, 0.25) is 0 Å². The van der Waals surface area contributed by atoms with Crippen molar-refractivity contribution in [3.63, 3.8) is 0 Å². The molecular weight excluding hydrogens is 270 g/mol. The van der Waals surface area contributed by atoms with E-state index in [1.54, 1.807) is 0 Å². The minimum Gasteiger partial charge on any atom is -0.436 e. The highest BCUT2D eigenvalue weighted by atomic mass is 16.3. The van der Waals surface area contributed by atoms with Gasteiger partial charge in [-0.15, -0.1) is 0 Å². The van der Waals surface area contributed by atoms with E-state index in [4.69, 9.17) is 9.40 Å². The molecule has 0 bridgehead atoms. The quantitative estimate of drug-likeness (QED) is 0.488. The van der Waals surface area contributed by atoms with Crippen molar-refractivity contribution < 1.29 is 4.42 Å². The summed E-state index contributed by atoms with van der Waals surface area (Å²) in [5, 5.41) is 0. The Labute approximate surface area is 129 Å². The maximum absolute atomic E-state index is 5.99. The van der Waals surface area contributed by atoms with Crippen molar-refractivity contribution in [2.75, 3.05) is 0 Å². The van der Waals surface area contributed by atoms with E-state index in [1.165, 1.54) is 0 Å². The van der Waals surface area contributed by atoms with Gasteiger partial charge in [0, 0.05) is 11.1 Å². The van der Waals surface area contributed by atoms with Crippen molar-refractivity contribution in [2.24, 2.45) is 0 Å². The van der Waals surface area contributed by atoms with Crippen LogP contribution in [-0.4, -0.2) is 4.98 Å². The van der Waals surface area contributed by atoms with E-state index in [0.29, 0.717) is 5.89 Å². The highest BCUT2D eigenvalue weighted by Crippen LogP contribution is 2.32. The van der Waals surface area contributed by atoms with Crippen LogP contribution in [0, 0.1) is 6.92 Å². The average Bonchev–Trinajstić information content (AvgIpc) is 3.00. The van der Waals surface area contributed by atoms with Crippen molar-refractivity contribution in [2.45, 2.75) is 6.92 Å². The smallest absolute Gasteiger partial charge is 0.227 e. The first kappa shape index (κ1) is 12.8. The van der Waals surface area contributed by atoms with Crippen LogP contribution in [0.5, 0.6) is 0 Å². The van der Waals surface area contributed by atoms with Crippen LogP contribution >= 0.6 is 0 Å². The molecule has 0 atom stereocenters. The fourth-order valence-corrected chi connectivity index (χ4v) is 2.73. The van der Waals surface area contributed by atoms with Crippen molar-refractivity contribution in [3.05, 3.63) is 78.4 Å². The van der Waals surface area contributed by atoms with E-state index in [1.807, 2.05) is 48.5 Å². The second-order valence-corrected chi connectivity index (χ2v) is 5.35. The molecule has 0 radical (unpaired) electrons. The lowest BCUT2D eigenvalue weighted by Gasteiger charge is -2.00. The molecule has 0 saturated heterocycles. The largest absolute Gasteiger partial charge is 0.436 e. The number of rotatable bonds is 2. The fraction of sp³-hybridized carbons (Fsp3) is 0.0500. The monoisotopic (exact) mass is 285 g/mol. The molecule has 0 N–H and O–H groups in total. The van der Waals surface area contributed by atoms with Gasteiger partial charge in [-0.2, -0.15) is 0 Å². The van der Waals surface area contributed by atoms with Gasteiger partial charge in [-0.1, -0.05) is 60.7 Å². The van der Waals surface area contributed by atoms with Crippen LogP contribution in [0.3, 0.4) is 0 Å². The number of fused-ring (bicyclic) bond motifs is 1. The molecule has 1 heterocycles. The Balaban J connectivity index is 1.94. The molecule has 2 nitrogen and oxygen atoms in total. The maximum atomic E-state index is 5.99. The second-order valence-electron chi connectivity index (χ2n) is 5.35. The molecule has 4 rings (SSSR count). The summed E-state index contributed by atoms with van der Waals surface area (Å²) in [6.45, 7) is 2.07. The molecular formula is C20H15NO. The number of para-hydroxylation sites is 1. The first-order valence-electron chi connectivity index (χ1n) is 7.34. The molecule has 0 aliphatic heterocycles. The summed E-state index contributed by atoms with van der Waals surface area (Å²) in [6.07, 6.45) is 0. The number of benzene rings is 3. The molecule has 4 aromatic rings. The minimum absolute atomic E-state index is 0.677. The highest BCUT2D eigenvalue weighted by Gasteiger charge is 2.13. The lowest BCUT2D eigenvalue weighted by molar-refractivity contribution is 0.619. The topological polar surface area (TPSA) is 26.0 Å². The van der Waals surface area contributed by atoms with Crippen molar-refractivity contribution in [1.29, 1.82) is 0 Å². The number of aryl methyl sites for hydroxylation is 1. The Morgan fingerprint density at radius 3 is 2.27 bits per heavy atom. The Hall–Kier alpha value is -2.87. The number of hydrogen-bond acceptors (Lipinski definition) is 2. The third-order valence-corrected chi connectivity index (χ3v) is 3.88. The molecule has 0 saturated carbocycles. The van der Waals surface area contributed by atoms with Gasteiger partial charge in [0.2, 0.25) is 5.89 Å². The lowest BCUT2D eigenvalue weighted by atomic mass is 10.0. The number of oxazole rings is 1. The van der Waals surface area contributed by atoms with Gasteiger partial charge in [0.25, 0.3) is 0 Å². The Kier molecular flexibility index (Phi) is 3.01. The summed E-state index contributed by atoms with van der Waals surface area (Å²) in [5.41, 5.74) is 6.18. The maximum Gasteiger partial charge on any atom is 0.227 e. The van der Waals surface area contributed by atoms with E-state index in [9.17, 15) is 0 Å². The predicted molar refractivity (Wildman–Crippen MR) is 89.6 cm³/mol. The molecule has 0 amide bonds. The van der Waals surface area contributed by atoms with Gasteiger partial charge in [0.05, 0.1) is 0 Å². The van der Waals surface area contributed by atoms with Crippen molar-refractivity contribution >= 4 is 11.1 Å². The van der Waals surface area contributed by atoms with Gasteiger partial charge in [-0.25, -0.2) is 4.98 Å². The number of hydrogen-bond donors (Lipinski definition) is 0. The van der Waals surface area contributed by atoms with Gasteiger partial charge in [-0.05, 0) is 30.2 Å². The summed E-state index contributed by atoms with van der Waals surface area (Å²) < 4.78 is 5.99. The minimum atomic E-state index is 0.677. The standard InChI is InChI=1S/C20H15NO/c1-14-8-5-6-11-16(14)20-21-19-17(12-7-13-18(19)22-20)15-9-3-2-4-10-15/h2-13H,1H3. The van der Waals surface area contributed by atoms with E-state index >= 15 is 0 Å². The van der Waals surface area contributed by atoms with E-state index in [0.717, 1.165) is 33.4 Å². The molecule has 0 spiro atoms. The summed E-state index contributed by atoms with van der Waals surface area (Å²) >= 11 is 0. The average molecular weight is 285 g/mol. The third kappa shape index (κ3) is 2.09. The van der Waals surface area contributed by atoms with Crippen LogP contribution in [0.15, 0.2) is 77.2 Å². The zero-order valence-electron chi connectivity index (χ0n) is 12.3. The molecule has 3 aromatic carbocycles. The Morgan fingerprint density at radius 1 is 0.727 bits per heavy atom. The molecule has 1 aromatic heterocycles. The Morgan fingerprint density at radius 2 is 1.45 bits per heavy atom. The zero-order chi connectivity index (χ0) is 14.9. The van der Waals surface area contributed by atoms with Crippen LogP contribution in [-0.2, 0) is 0 Å². The van der Waals surface area contributed by atoms with E-state index in [2.05, 4.69) is 31.2 Å². The summed E-state index contributed by atoms with van der Waals surface area (Å²) in [7, 11) is 0. The SMILES string of the molecule is Cc1ccccc1-c1nc2c(-c3ccccc3)cccc2o1. The van der Waals surface area contributed by atoms with Crippen LogP contribution in [0.4, 0.5) is 0 Å². The number of aromatic nitrogens is 1. The van der Waals surface area contributed by atoms with Gasteiger partial charge in [0.1, 0.15) is 5.52 Å². The molecule has 22 heavy (non-hydrogen) atoms. The molecule has 0 aliphatic carbocycles. The molecule has 0 aliphatic rings. The molecule has 106 valence electrons. The van der Waals surface area contributed by atoms with Crippen LogP contribution < -0.4 is 0 Å². The summed E-state index contributed by atoms with van der Waals surface area (Å²) in [5.74, 6) is 0.677. The number of nitrogens with zero attached hydrogens (tertiary/aromatic N) is 1. The van der Waals surface area contributed by atoms with Crippen molar-refractivity contribution in [3.8, 4) is 22.6 Å². The third-order valence-electron chi connectivity index (χ3n) is 3.88. The molecule has 2 heteroatoms. The van der Waals surface area contributed by atoms with Crippen LogP contribution in [0.25, 0.3) is 33.7 Å². The normalized spacial score (nSPS) is 11.0. The van der Waals surface area contributed by atoms with Crippen molar-refractivity contribution in [1.82, 2.24) is 4.98 Å². The van der Waals surface area contributed by atoms with E-state index in [-0.39, 0.29) is 0 Å². The lowest BCUT2D eigenvalue weighted by Crippen LogP contribution is -1.83. The summed E-state index contributed by atoms with van der Waals surface area (Å²) in [6, 6.07) is 24.5. The van der Waals surface area contributed by atoms with Gasteiger partial charge < -0.3 is 4.42 Å². The molecule has 0 fully saturated rings. The predicted octanol–water partition coefficient (Wildman–Crippen LogP) is 5.47. The van der Waals surface area contributed by atoms with E-state index < -0.39 is 0 Å². The fourth-order valence-electron chi connectivity index (χ4n) is 2.73. The zero-order valence-corrected chi connectivity index (χ0v) is 12.3.